The van der Waals surface area contributed by atoms with Crippen molar-refractivity contribution in [3.8, 4) is 0 Å². The molecular weight excluding hydrogens is 783 g/mol. The zero-order valence-electron chi connectivity index (χ0n) is 32.1. The maximum Gasteiger partial charge on any atom is 0.274 e. The molecule has 60 heavy (non-hydrogen) atoms. The second-order valence-corrected chi connectivity index (χ2v) is 19.7. The quantitative estimate of drug-likeness (QED) is 0.158. The van der Waals surface area contributed by atoms with E-state index in [-0.39, 0.29) is 22.2 Å². The van der Waals surface area contributed by atoms with Crippen LogP contribution in [0.2, 0.25) is 0 Å². The van der Waals surface area contributed by atoms with Crippen LogP contribution in [0.5, 0.6) is 0 Å². The molecule has 0 amide bonds. The summed E-state index contributed by atoms with van der Waals surface area (Å²) in [5.74, 6) is -2.13. The Labute approximate surface area is 346 Å². The van der Waals surface area contributed by atoms with Crippen LogP contribution in [0, 0.1) is 0 Å². The van der Waals surface area contributed by atoms with Gasteiger partial charge in [0.2, 0.25) is 0 Å². The maximum absolute atomic E-state index is 15.0. The molecule has 8 nitrogen and oxygen atoms in total. The van der Waals surface area contributed by atoms with Gasteiger partial charge in [-0.05, 0) is 73.0 Å². The largest absolute Gasteiger partial charge is 0.274 e. The fourth-order valence-electron chi connectivity index (χ4n) is 9.39. The monoisotopic (exact) mass is 818 g/mol. The standard InChI is InChI=1S/C50H36N4O4P2/c55-43-37-27-13-14-28-38(37)44(56)52-48(34-21-7-2-8-22-34)59(47(51(43)52)33-19-5-1-6-20-33)41-31-17-18-32-42(41)60-49(35-23-9-3-10-24-35)53-45(57)39-29-15-16-30-40(39)46(58)54(53)50(60)36-25-11-4-12-26-36/h1-32,47-50H/t47-,48-,49-,50?,60?/m0/s1. The van der Waals surface area contributed by atoms with E-state index >= 15 is 19.2 Å². The molecule has 290 valence electrons. The number of benzene rings is 7. The maximum atomic E-state index is 15.0. The first-order chi connectivity index (χ1) is 29.5. The first-order valence-corrected chi connectivity index (χ1v) is 22.9. The van der Waals surface area contributed by atoms with Crippen molar-refractivity contribution in [3.05, 3.63) is 258 Å². The fraction of sp³-hybridized carbons (Fsp3) is 0.0800. The highest BCUT2D eigenvalue weighted by molar-refractivity contribution is 7.72. The first kappa shape index (κ1) is 36.4. The second-order valence-electron chi connectivity index (χ2n) is 15.1. The van der Waals surface area contributed by atoms with Crippen LogP contribution in [0.1, 0.15) is 45.4 Å². The number of fused-ring (bicyclic) bond motifs is 4. The van der Waals surface area contributed by atoms with Gasteiger partial charge < -0.3 is 0 Å². The first-order valence-electron chi connectivity index (χ1n) is 19.9. The highest BCUT2D eigenvalue weighted by Gasteiger charge is 2.50. The van der Waals surface area contributed by atoms with Gasteiger partial charge in [-0.2, -0.15) is 0 Å². The molecule has 0 aliphatic carbocycles. The summed E-state index contributed by atoms with van der Waals surface area (Å²) in [6.07, 6.45) is 0. The van der Waals surface area contributed by atoms with Crippen molar-refractivity contribution in [2.45, 2.75) is 23.1 Å². The van der Waals surface area contributed by atoms with E-state index in [1.807, 2.05) is 133 Å². The van der Waals surface area contributed by atoms with Crippen LogP contribution in [-0.2, 0) is 0 Å². The van der Waals surface area contributed by atoms with Gasteiger partial charge in [0.1, 0.15) is 23.1 Å². The zero-order chi connectivity index (χ0) is 40.5. The van der Waals surface area contributed by atoms with Crippen LogP contribution in [0.25, 0.3) is 21.5 Å². The number of nitrogens with zero attached hydrogens (tertiary/aromatic N) is 4. The number of aromatic nitrogens is 4. The Morgan fingerprint density at radius 3 is 0.700 bits per heavy atom. The predicted molar refractivity (Wildman–Crippen MR) is 243 cm³/mol. The molecule has 4 heterocycles. The van der Waals surface area contributed by atoms with Crippen molar-refractivity contribution in [1.82, 2.24) is 18.7 Å². The van der Waals surface area contributed by atoms with E-state index < -0.39 is 39.0 Å². The van der Waals surface area contributed by atoms with E-state index in [2.05, 4.69) is 12.1 Å². The molecule has 2 aliphatic rings. The molecule has 2 aliphatic heterocycles. The molecule has 5 atom stereocenters. The molecule has 0 spiro atoms. The minimum absolute atomic E-state index is 0.226. The molecule has 2 aromatic heterocycles. The van der Waals surface area contributed by atoms with Gasteiger partial charge in [-0.1, -0.05) is 170 Å². The number of rotatable bonds is 6. The van der Waals surface area contributed by atoms with E-state index in [4.69, 9.17) is 0 Å². The van der Waals surface area contributed by atoms with Gasteiger partial charge in [-0.25, -0.2) is 18.7 Å². The summed E-state index contributed by atoms with van der Waals surface area (Å²) in [6, 6.07) is 62.7. The molecule has 0 saturated carbocycles. The van der Waals surface area contributed by atoms with E-state index in [0.29, 0.717) is 21.5 Å². The van der Waals surface area contributed by atoms with Crippen LogP contribution in [0.15, 0.2) is 213 Å². The minimum Gasteiger partial charge on any atom is -0.267 e. The lowest BCUT2D eigenvalue weighted by Crippen LogP contribution is -2.37. The predicted octanol–water partition coefficient (Wildman–Crippen LogP) is 8.47. The Hall–Kier alpha value is -6.72. The average molecular weight is 819 g/mol. The van der Waals surface area contributed by atoms with Crippen molar-refractivity contribution in [1.29, 1.82) is 0 Å². The van der Waals surface area contributed by atoms with E-state index in [9.17, 15) is 0 Å². The molecule has 0 N–H and O–H groups in total. The molecule has 11 rings (SSSR count). The second kappa shape index (κ2) is 14.5. The third-order valence-corrected chi connectivity index (χ3v) is 18.1. The molecule has 0 fully saturated rings. The summed E-state index contributed by atoms with van der Waals surface area (Å²) in [5, 5.41) is 3.55. The van der Waals surface area contributed by atoms with Gasteiger partial charge >= 0.3 is 0 Å². The van der Waals surface area contributed by atoms with Crippen molar-refractivity contribution in [2.75, 3.05) is 0 Å². The summed E-state index contributed by atoms with van der Waals surface area (Å²) in [5.41, 5.74) is 2.77. The lowest BCUT2D eigenvalue weighted by atomic mass is 10.2. The third kappa shape index (κ3) is 5.45. The number of hydrogen-bond donors (Lipinski definition) is 0. The van der Waals surface area contributed by atoms with E-state index in [1.54, 1.807) is 67.3 Å². The zero-order valence-corrected chi connectivity index (χ0v) is 33.9. The molecule has 2 unspecified atom stereocenters. The van der Waals surface area contributed by atoms with Gasteiger partial charge in [0.25, 0.3) is 22.2 Å². The van der Waals surface area contributed by atoms with Crippen molar-refractivity contribution in [3.63, 3.8) is 0 Å². The third-order valence-electron chi connectivity index (χ3n) is 11.9. The topological polar surface area (TPSA) is 88.0 Å². The van der Waals surface area contributed by atoms with Crippen LogP contribution in [-0.4, -0.2) is 18.7 Å². The molecular formula is C50H36N4O4P2. The molecule has 9 aromatic rings. The molecule has 10 heteroatoms. The van der Waals surface area contributed by atoms with Gasteiger partial charge in [-0.3, -0.25) is 19.2 Å². The smallest absolute Gasteiger partial charge is 0.267 e. The van der Waals surface area contributed by atoms with Crippen molar-refractivity contribution >= 4 is 48.0 Å². The Kier molecular flexibility index (Phi) is 8.81. The summed E-state index contributed by atoms with van der Waals surface area (Å²) in [4.78, 5) is 60.0. The van der Waals surface area contributed by atoms with Crippen LogP contribution >= 0.6 is 15.8 Å². The van der Waals surface area contributed by atoms with Crippen LogP contribution in [0.3, 0.4) is 0 Å². The molecule has 7 aromatic carbocycles. The Morgan fingerprint density at radius 1 is 0.267 bits per heavy atom. The van der Waals surface area contributed by atoms with Gasteiger partial charge in [0.15, 0.2) is 0 Å². The summed E-state index contributed by atoms with van der Waals surface area (Å²) < 4.78 is 6.90. The summed E-state index contributed by atoms with van der Waals surface area (Å²) >= 11 is 0. The highest BCUT2D eigenvalue weighted by atomic mass is 31.1. The Balaban J connectivity index is 1.26. The molecule has 0 saturated heterocycles. The fourth-order valence-corrected chi connectivity index (χ4v) is 16.6. The van der Waals surface area contributed by atoms with Crippen molar-refractivity contribution < 1.29 is 0 Å². The Bertz CT molecular complexity index is 2930. The van der Waals surface area contributed by atoms with Gasteiger partial charge in [0.05, 0.1) is 21.5 Å². The van der Waals surface area contributed by atoms with Gasteiger partial charge in [0, 0.05) is 0 Å². The lowest BCUT2D eigenvalue weighted by molar-refractivity contribution is 0.494. The SMILES string of the molecule is O=c1c2ccccc2c(=O)n2n1C(c1ccccc1)P(c1ccccc1P1[C@@H](c3ccccc3)n3c(=O)c4ccccc4c(=O)n3[C@@H]1c1ccccc1)[C@H]2c1ccccc1. The molecule has 0 radical (unpaired) electrons. The minimum atomic E-state index is -1.51. The highest BCUT2D eigenvalue weighted by Crippen LogP contribution is 2.69. The molecule has 0 bridgehead atoms. The van der Waals surface area contributed by atoms with Crippen LogP contribution in [0.4, 0.5) is 0 Å². The average Bonchev–Trinajstić information content (AvgIpc) is 3.87. The summed E-state index contributed by atoms with van der Waals surface area (Å²) in [6.45, 7) is 0. The van der Waals surface area contributed by atoms with E-state index in [1.165, 1.54) is 0 Å². The normalized spacial score (nSPS) is 19.7. The van der Waals surface area contributed by atoms with Crippen LogP contribution < -0.4 is 32.8 Å². The van der Waals surface area contributed by atoms with E-state index in [0.717, 1.165) is 32.9 Å². The Morgan fingerprint density at radius 2 is 0.467 bits per heavy atom. The van der Waals surface area contributed by atoms with Gasteiger partial charge in [-0.15, -0.1) is 0 Å². The number of hydrogen-bond acceptors (Lipinski definition) is 4. The van der Waals surface area contributed by atoms with Crippen molar-refractivity contribution in [2.24, 2.45) is 0 Å². The summed E-state index contributed by atoms with van der Waals surface area (Å²) in [7, 11) is -3.02. The lowest BCUT2D eigenvalue weighted by Gasteiger charge is -2.32.